The van der Waals surface area contributed by atoms with Crippen molar-refractivity contribution >= 4 is 16.9 Å². The van der Waals surface area contributed by atoms with Gasteiger partial charge in [0.1, 0.15) is 6.04 Å². The van der Waals surface area contributed by atoms with Crippen molar-refractivity contribution in [3.63, 3.8) is 0 Å². The van der Waals surface area contributed by atoms with E-state index >= 15 is 0 Å². The standard InChI is InChI=1S/C17H14N2O5/c20-14-6-5-10(8-15(14)21)7-13(17(23)24)19-9-18-12-4-2-1-3-11(12)16(19)22/h1-6,8-9,13,20-21H,7H2,(H,23,24)/t13-/m0/s1. The van der Waals surface area contributed by atoms with Crippen molar-refractivity contribution < 1.29 is 20.1 Å². The van der Waals surface area contributed by atoms with Crippen LogP contribution in [0.2, 0.25) is 0 Å². The van der Waals surface area contributed by atoms with E-state index in [0.717, 1.165) is 4.57 Å². The molecule has 3 N–H and O–H groups in total. The zero-order valence-electron chi connectivity index (χ0n) is 12.5. The normalized spacial score (nSPS) is 12.2. The van der Waals surface area contributed by atoms with Gasteiger partial charge in [-0.25, -0.2) is 9.78 Å². The van der Waals surface area contributed by atoms with Crippen molar-refractivity contribution in [1.29, 1.82) is 0 Å². The first-order chi connectivity index (χ1) is 11.5. The van der Waals surface area contributed by atoms with Crippen LogP contribution in [0.3, 0.4) is 0 Å². The summed E-state index contributed by atoms with van der Waals surface area (Å²) in [6.45, 7) is 0. The number of carboxylic acids is 1. The molecule has 0 unspecified atom stereocenters. The van der Waals surface area contributed by atoms with Crippen LogP contribution in [0.5, 0.6) is 11.5 Å². The molecule has 0 spiro atoms. The predicted molar refractivity (Wildman–Crippen MR) is 86.2 cm³/mol. The molecule has 3 rings (SSSR count). The number of carboxylic acid groups (broad SMARTS) is 1. The van der Waals surface area contributed by atoms with Crippen molar-refractivity contribution in [2.45, 2.75) is 12.5 Å². The summed E-state index contributed by atoms with van der Waals surface area (Å²) in [5.74, 6) is -1.84. The second-order valence-corrected chi connectivity index (χ2v) is 5.36. The molecule has 0 amide bonds. The average Bonchev–Trinajstić information content (AvgIpc) is 2.57. The first-order valence-corrected chi connectivity index (χ1v) is 7.17. The molecule has 0 aliphatic heterocycles. The molecule has 0 saturated carbocycles. The minimum atomic E-state index is -1.19. The summed E-state index contributed by atoms with van der Waals surface area (Å²) < 4.78 is 1.06. The van der Waals surface area contributed by atoms with Crippen LogP contribution in [0.1, 0.15) is 11.6 Å². The van der Waals surface area contributed by atoms with Gasteiger partial charge in [0.15, 0.2) is 11.5 Å². The molecule has 7 nitrogen and oxygen atoms in total. The average molecular weight is 326 g/mol. The fraction of sp³-hybridized carbons (Fsp3) is 0.118. The van der Waals surface area contributed by atoms with Crippen LogP contribution >= 0.6 is 0 Å². The van der Waals surface area contributed by atoms with E-state index in [0.29, 0.717) is 16.5 Å². The summed E-state index contributed by atoms with van der Waals surface area (Å²) in [5, 5.41) is 28.7. The minimum absolute atomic E-state index is 0.0386. The number of fused-ring (bicyclic) bond motifs is 1. The first kappa shape index (κ1) is 15.5. The van der Waals surface area contributed by atoms with Crippen LogP contribution in [0.25, 0.3) is 10.9 Å². The monoisotopic (exact) mass is 326 g/mol. The Hall–Kier alpha value is -3.35. The molecule has 0 aliphatic carbocycles. The van der Waals surface area contributed by atoms with Gasteiger partial charge in [-0.3, -0.25) is 9.36 Å². The highest BCUT2D eigenvalue weighted by Gasteiger charge is 2.22. The van der Waals surface area contributed by atoms with Gasteiger partial charge in [-0.15, -0.1) is 0 Å². The smallest absolute Gasteiger partial charge is 0.327 e. The lowest BCUT2D eigenvalue weighted by atomic mass is 10.0. The van der Waals surface area contributed by atoms with Crippen molar-refractivity contribution in [3.8, 4) is 11.5 Å². The zero-order chi connectivity index (χ0) is 17.3. The van der Waals surface area contributed by atoms with Gasteiger partial charge in [-0.05, 0) is 29.8 Å². The molecule has 0 saturated heterocycles. The molecule has 0 radical (unpaired) electrons. The molecule has 3 aromatic rings. The van der Waals surface area contributed by atoms with Gasteiger partial charge in [0.05, 0.1) is 17.2 Å². The fourth-order valence-electron chi connectivity index (χ4n) is 2.53. The van der Waals surface area contributed by atoms with Gasteiger partial charge in [0, 0.05) is 6.42 Å². The van der Waals surface area contributed by atoms with Crippen molar-refractivity contribution in [1.82, 2.24) is 9.55 Å². The van der Waals surface area contributed by atoms with E-state index in [1.54, 1.807) is 24.3 Å². The third-order valence-corrected chi connectivity index (χ3v) is 3.78. The van der Waals surface area contributed by atoms with Gasteiger partial charge in [-0.2, -0.15) is 0 Å². The number of benzene rings is 2. The van der Waals surface area contributed by atoms with Crippen LogP contribution in [-0.4, -0.2) is 30.8 Å². The summed E-state index contributed by atoms with van der Waals surface area (Å²) in [6.07, 6.45) is 1.17. The number of phenols is 2. The first-order valence-electron chi connectivity index (χ1n) is 7.17. The number of aromatic nitrogens is 2. The third-order valence-electron chi connectivity index (χ3n) is 3.78. The Balaban J connectivity index is 2.05. The maximum absolute atomic E-state index is 12.6. The van der Waals surface area contributed by atoms with E-state index in [1.807, 2.05) is 0 Å². The molecule has 0 bridgehead atoms. The van der Waals surface area contributed by atoms with E-state index < -0.39 is 17.6 Å². The zero-order valence-corrected chi connectivity index (χ0v) is 12.5. The van der Waals surface area contributed by atoms with Crippen LogP contribution in [0.15, 0.2) is 53.6 Å². The predicted octanol–water partition coefficient (Wildman–Crippen LogP) is 1.68. The minimum Gasteiger partial charge on any atom is -0.504 e. The molecular weight excluding hydrogens is 312 g/mol. The highest BCUT2D eigenvalue weighted by Crippen LogP contribution is 2.26. The second-order valence-electron chi connectivity index (χ2n) is 5.36. The SMILES string of the molecule is O=C(O)[C@H](Cc1ccc(O)c(O)c1)n1cnc2ccccc2c1=O. The highest BCUT2D eigenvalue weighted by atomic mass is 16.4. The highest BCUT2D eigenvalue weighted by molar-refractivity contribution is 5.78. The van der Waals surface area contributed by atoms with Crippen LogP contribution in [0.4, 0.5) is 0 Å². The number of phenolic OH excluding ortho intramolecular Hbond substituents is 2. The summed E-state index contributed by atoms with van der Waals surface area (Å²) in [5.41, 5.74) is 0.513. The molecule has 0 fully saturated rings. The lowest BCUT2D eigenvalue weighted by molar-refractivity contribution is -0.141. The summed E-state index contributed by atoms with van der Waals surface area (Å²) >= 11 is 0. The van der Waals surface area contributed by atoms with Crippen molar-refractivity contribution in [2.75, 3.05) is 0 Å². The fourth-order valence-corrected chi connectivity index (χ4v) is 2.53. The molecule has 122 valence electrons. The Morgan fingerprint density at radius 2 is 1.88 bits per heavy atom. The van der Waals surface area contributed by atoms with Gasteiger partial charge in [0.2, 0.25) is 0 Å². The number of hydrogen-bond donors (Lipinski definition) is 3. The van der Waals surface area contributed by atoms with E-state index in [2.05, 4.69) is 4.98 Å². The largest absolute Gasteiger partial charge is 0.504 e. The summed E-state index contributed by atoms with van der Waals surface area (Å²) in [4.78, 5) is 28.3. The van der Waals surface area contributed by atoms with Gasteiger partial charge < -0.3 is 15.3 Å². The van der Waals surface area contributed by atoms with Crippen LogP contribution < -0.4 is 5.56 Å². The van der Waals surface area contributed by atoms with Crippen LogP contribution in [0, 0.1) is 0 Å². The number of aliphatic carboxylic acids is 1. The summed E-state index contributed by atoms with van der Waals surface area (Å²) in [6, 6.07) is 9.54. The third kappa shape index (κ3) is 2.79. The topological polar surface area (TPSA) is 113 Å². The molecule has 1 aromatic heterocycles. The molecule has 1 heterocycles. The van der Waals surface area contributed by atoms with Crippen molar-refractivity contribution in [2.24, 2.45) is 0 Å². The van der Waals surface area contributed by atoms with E-state index in [-0.39, 0.29) is 17.9 Å². The van der Waals surface area contributed by atoms with Gasteiger partial charge in [-0.1, -0.05) is 18.2 Å². The lowest BCUT2D eigenvalue weighted by Crippen LogP contribution is -2.31. The lowest BCUT2D eigenvalue weighted by Gasteiger charge is -2.16. The molecule has 0 aliphatic rings. The number of carbonyl (C=O) groups is 1. The summed E-state index contributed by atoms with van der Waals surface area (Å²) in [7, 11) is 0. The van der Waals surface area contributed by atoms with E-state index in [4.69, 9.17) is 0 Å². The van der Waals surface area contributed by atoms with Crippen LogP contribution in [-0.2, 0) is 11.2 Å². The quantitative estimate of drug-likeness (QED) is 0.629. The number of rotatable bonds is 4. The van der Waals surface area contributed by atoms with E-state index in [1.165, 1.54) is 24.5 Å². The number of aromatic hydroxyl groups is 2. The Bertz CT molecular complexity index is 980. The van der Waals surface area contributed by atoms with E-state index in [9.17, 15) is 24.9 Å². The Morgan fingerprint density at radius 1 is 1.12 bits per heavy atom. The van der Waals surface area contributed by atoms with Gasteiger partial charge in [0.25, 0.3) is 5.56 Å². The Kier molecular flexibility index (Phi) is 3.91. The van der Waals surface area contributed by atoms with Gasteiger partial charge >= 0.3 is 5.97 Å². The number of nitrogens with zero attached hydrogens (tertiary/aromatic N) is 2. The molecule has 2 aromatic carbocycles. The Morgan fingerprint density at radius 3 is 2.58 bits per heavy atom. The maximum Gasteiger partial charge on any atom is 0.327 e. The maximum atomic E-state index is 12.6. The molecule has 7 heteroatoms. The second kappa shape index (κ2) is 6.04. The number of hydrogen-bond acceptors (Lipinski definition) is 5. The van der Waals surface area contributed by atoms with Crippen molar-refractivity contribution in [3.05, 3.63) is 64.7 Å². The Labute approximate surface area is 136 Å². The molecule has 1 atom stereocenters. The molecular formula is C17H14N2O5. The number of para-hydroxylation sites is 1. The molecule has 24 heavy (non-hydrogen) atoms.